The molecule has 3 rings (SSSR count). The molecular weight excluding hydrogens is 309 g/mol. The summed E-state index contributed by atoms with van der Waals surface area (Å²) < 4.78 is 0. The van der Waals surface area contributed by atoms with Gasteiger partial charge in [0.25, 0.3) is 5.91 Å². The van der Waals surface area contributed by atoms with Gasteiger partial charge in [0.2, 0.25) is 0 Å². The van der Waals surface area contributed by atoms with Crippen LogP contribution in [0.2, 0.25) is 10.0 Å². The number of amides is 1. The van der Waals surface area contributed by atoms with E-state index in [0.717, 1.165) is 17.5 Å². The van der Waals surface area contributed by atoms with Crippen LogP contribution in [-0.2, 0) is 13.0 Å². The van der Waals surface area contributed by atoms with E-state index >= 15 is 0 Å². The van der Waals surface area contributed by atoms with Gasteiger partial charge in [-0.2, -0.15) is 0 Å². The molecule has 0 aromatic heterocycles. The third-order valence-corrected chi connectivity index (χ3v) is 4.30. The molecule has 3 nitrogen and oxygen atoms in total. The van der Waals surface area contributed by atoms with Gasteiger partial charge in [-0.15, -0.1) is 0 Å². The normalized spacial score (nSPS) is 13.9. The van der Waals surface area contributed by atoms with Crippen molar-refractivity contribution in [3.8, 4) is 5.75 Å². The first-order chi connectivity index (χ1) is 10.1. The number of benzene rings is 2. The van der Waals surface area contributed by atoms with Crippen molar-refractivity contribution in [2.45, 2.75) is 13.0 Å². The number of nitrogens with zero attached hydrogens (tertiary/aromatic N) is 1. The van der Waals surface area contributed by atoms with Crippen LogP contribution in [0.15, 0.2) is 36.4 Å². The number of carbonyl (C=O) groups excluding carboxylic acids is 1. The van der Waals surface area contributed by atoms with Gasteiger partial charge < -0.3 is 10.0 Å². The molecule has 21 heavy (non-hydrogen) atoms. The lowest BCUT2D eigenvalue weighted by atomic mass is 9.99. The molecule has 0 bridgehead atoms. The molecule has 0 saturated heterocycles. The van der Waals surface area contributed by atoms with Gasteiger partial charge in [0.15, 0.2) is 0 Å². The van der Waals surface area contributed by atoms with E-state index < -0.39 is 0 Å². The first-order valence-electron chi connectivity index (χ1n) is 6.60. The number of halogens is 2. The Hall–Kier alpha value is -1.71. The van der Waals surface area contributed by atoms with Gasteiger partial charge >= 0.3 is 0 Å². The molecule has 0 unspecified atom stereocenters. The van der Waals surface area contributed by atoms with Crippen molar-refractivity contribution < 1.29 is 9.90 Å². The van der Waals surface area contributed by atoms with E-state index in [-0.39, 0.29) is 11.7 Å². The van der Waals surface area contributed by atoms with Crippen LogP contribution in [0.3, 0.4) is 0 Å². The smallest absolute Gasteiger partial charge is 0.257 e. The summed E-state index contributed by atoms with van der Waals surface area (Å²) in [6, 6.07) is 10.3. The second-order valence-corrected chi connectivity index (χ2v) is 5.84. The minimum atomic E-state index is -0.181. The summed E-state index contributed by atoms with van der Waals surface area (Å²) in [7, 11) is 0. The van der Waals surface area contributed by atoms with Crippen LogP contribution in [0, 0.1) is 0 Å². The fraction of sp³-hybridized carbons (Fsp3) is 0.188. The Morgan fingerprint density at radius 1 is 1.10 bits per heavy atom. The third kappa shape index (κ3) is 2.71. The minimum Gasteiger partial charge on any atom is -0.508 e. The maximum Gasteiger partial charge on any atom is 0.257 e. The highest BCUT2D eigenvalue weighted by molar-refractivity contribution is 6.39. The molecular formula is C16H13Cl2NO2. The molecule has 2 aromatic rings. The van der Waals surface area contributed by atoms with Gasteiger partial charge in [0, 0.05) is 13.1 Å². The van der Waals surface area contributed by atoms with Crippen molar-refractivity contribution in [2.75, 3.05) is 6.54 Å². The number of carbonyl (C=O) groups is 1. The Morgan fingerprint density at radius 3 is 2.52 bits per heavy atom. The Morgan fingerprint density at radius 2 is 1.81 bits per heavy atom. The van der Waals surface area contributed by atoms with Crippen LogP contribution in [0.1, 0.15) is 21.5 Å². The van der Waals surface area contributed by atoms with Crippen molar-refractivity contribution in [3.63, 3.8) is 0 Å². The van der Waals surface area contributed by atoms with Crippen molar-refractivity contribution in [2.24, 2.45) is 0 Å². The topological polar surface area (TPSA) is 40.5 Å². The zero-order chi connectivity index (χ0) is 15.0. The molecule has 0 spiro atoms. The van der Waals surface area contributed by atoms with Crippen molar-refractivity contribution in [1.29, 1.82) is 0 Å². The first kappa shape index (κ1) is 14.2. The fourth-order valence-electron chi connectivity index (χ4n) is 2.58. The zero-order valence-electron chi connectivity index (χ0n) is 11.1. The molecule has 2 aromatic carbocycles. The van der Waals surface area contributed by atoms with Crippen LogP contribution < -0.4 is 0 Å². The van der Waals surface area contributed by atoms with E-state index in [1.807, 2.05) is 6.07 Å². The lowest BCUT2D eigenvalue weighted by molar-refractivity contribution is 0.0735. The van der Waals surface area contributed by atoms with Gasteiger partial charge in [-0.25, -0.2) is 0 Å². The van der Waals surface area contributed by atoms with E-state index in [9.17, 15) is 9.90 Å². The zero-order valence-corrected chi connectivity index (χ0v) is 12.7. The number of aromatic hydroxyl groups is 1. The van der Waals surface area contributed by atoms with E-state index in [4.69, 9.17) is 23.2 Å². The summed E-state index contributed by atoms with van der Waals surface area (Å²) in [6.45, 7) is 1.06. The number of phenolic OH excluding ortho intramolecular Hbond substituents is 1. The summed E-state index contributed by atoms with van der Waals surface area (Å²) >= 11 is 12.2. The molecule has 0 atom stereocenters. The maximum atomic E-state index is 12.6. The van der Waals surface area contributed by atoms with Crippen molar-refractivity contribution >= 4 is 29.1 Å². The minimum absolute atomic E-state index is 0.181. The Kier molecular flexibility index (Phi) is 3.79. The lowest BCUT2D eigenvalue weighted by Gasteiger charge is -2.29. The molecule has 1 aliphatic heterocycles. The van der Waals surface area contributed by atoms with Gasteiger partial charge in [0.05, 0.1) is 15.6 Å². The molecule has 1 heterocycles. The van der Waals surface area contributed by atoms with Crippen molar-refractivity contribution in [1.82, 2.24) is 4.90 Å². The quantitative estimate of drug-likeness (QED) is 0.865. The first-order valence-corrected chi connectivity index (χ1v) is 7.36. The standard InChI is InChI=1S/C16H13Cl2NO2/c17-13-2-1-3-14(18)15(13)16(21)19-7-6-10-4-5-12(20)8-11(10)9-19/h1-5,8,20H,6-7,9H2. The molecule has 5 heteroatoms. The maximum absolute atomic E-state index is 12.6. The molecule has 0 aliphatic carbocycles. The SMILES string of the molecule is O=C(c1c(Cl)cccc1Cl)N1CCc2ccc(O)cc2C1. The largest absolute Gasteiger partial charge is 0.508 e. The van der Waals surface area contributed by atoms with Crippen LogP contribution in [0.5, 0.6) is 5.75 Å². The number of hydrogen-bond donors (Lipinski definition) is 1. The molecule has 0 radical (unpaired) electrons. The second kappa shape index (κ2) is 5.58. The van der Waals surface area contributed by atoms with E-state index in [1.165, 1.54) is 0 Å². The van der Waals surface area contributed by atoms with E-state index in [2.05, 4.69) is 0 Å². The summed E-state index contributed by atoms with van der Waals surface area (Å²) in [5.41, 5.74) is 2.45. The van der Waals surface area contributed by atoms with Crippen LogP contribution >= 0.6 is 23.2 Å². The summed E-state index contributed by atoms with van der Waals surface area (Å²) in [5.74, 6) is 0.0263. The molecule has 108 valence electrons. The van der Waals surface area contributed by atoms with E-state index in [0.29, 0.717) is 28.7 Å². The predicted octanol–water partition coefficient (Wildman–Crippen LogP) is 3.90. The second-order valence-electron chi connectivity index (χ2n) is 5.03. The Labute approximate surface area is 132 Å². The summed E-state index contributed by atoms with van der Waals surface area (Å²) in [6.07, 6.45) is 0.753. The van der Waals surface area contributed by atoms with Gasteiger partial charge in [-0.1, -0.05) is 35.3 Å². The molecule has 0 fully saturated rings. The number of hydrogen-bond acceptors (Lipinski definition) is 2. The van der Waals surface area contributed by atoms with Gasteiger partial charge in [0.1, 0.15) is 5.75 Å². The monoisotopic (exact) mass is 321 g/mol. The highest BCUT2D eigenvalue weighted by Gasteiger charge is 2.25. The Bertz CT molecular complexity index is 695. The number of rotatable bonds is 1. The third-order valence-electron chi connectivity index (χ3n) is 3.67. The van der Waals surface area contributed by atoms with Gasteiger partial charge in [-0.05, 0) is 41.8 Å². The predicted molar refractivity (Wildman–Crippen MR) is 83.0 cm³/mol. The van der Waals surface area contributed by atoms with Crippen LogP contribution in [0.25, 0.3) is 0 Å². The summed E-state index contributed by atoms with van der Waals surface area (Å²) in [5, 5.41) is 10.3. The number of fused-ring (bicyclic) bond motifs is 1. The average molecular weight is 322 g/mol. The number of phenols is 1. The van der Waals surface area contributed by atoms with Crippen LogP contribution in [-0.4, -0.2) is 22.5 Å². The van der Waals surface area contributed by atoms with Crippen molar-refractivity contribution in [3.05, 3.63) is 63.1 Å². The summed E-state index contributed by atoms with van der Waals surface area (Å²) in [4.78, 5) is 14.3. The fourth-order valence-corrected chi connectivity index (χ4v) is 3.14. The average Bonchev–Trinajstić information content (AvgIpc) is 2.46. The molecule has 1 aliphatic rings. The Balaban J connectivity index is 1.91. The van der Waals surface area contributed by atoms with E-state index in [1.54, 1.807) is 35.2 Å². The molecule has 1 amide bonds. The molecule has 0 saturated carbocycles. The highest BCUT2D eigenvalue weighted by atomic mass is 35.5. The van der Waals surface area contributed by atoms with Crippen LogP contribution in [0.4, 0.5) is 0 Å². The highest BCUT2D eigenvalue weighted by Crippen LogP contribution is 2.29. The molecule has 1 N–H and O–H groups in total. The lowest BCUT2D eigenvalue weighted by Crippen LogP contribution is -2.36. The van der Waals surface area contributed by atoms with Gasteiger partial charge in [-0.3, -0.25) is 4.79 Å².